The molecule has 6 heteroatoms. The molecule has 0 spiro atoms. The van der Waals surface area contributed by atoms with Crippen molar-refractivity contribution >= 4 is 17.8 Å². The van der Waals surface area contributed by atoms with Crippen molar-refractivity contribution in [3.8, 4) is 0 Å². The molecule has 2 aliphatic rings. The smallest absolute Gasteiger partial charge is 0.308 e. The van der Waals surface area contributed by atoms with Crippen molar-refractivity contribution in [1.82, 2.24) is 9.80 Å². The average Bonchev–Trinajstić information content (AvgIpc) is 3.12. The second-order valence-electron chi connectivity index (χ2n) is 6.38. The number of hydrogen-bond donors (Lipinski definition) is 1. The summed E-state index contributed by atoms with van der Waals surface area (Å²) < 4.78 is 0. The summed E-state index contributed by atoms with van der Waals surface area (Å²) in [6.45, 7) is 1.03. The third kappa shape index (κ3) is 2.93. The molecule has 0 aliphatic carbocycles. The van der Waals surface area contributed by atoms with Gasteiger partial charge in [-0.15, -0.1) is 0 Å². The Morgan fingerprint density at radius 2 is 1.83 bits per heavy atom. The van der Waals surface area contributed by atoms with Crippen molar-refractivity contribution in [2.45, 2.75) is 12.3 Å². The number of rotatable bonds is 3. The highest BCUT2D eigenvalue weighted by Crippen LogP contribution is 2.34. The van der Waals surface area contributed by atoms with E-state index < -0.39 is 11.9 Å². The lowest BCUT2D eigenvalue weighted by Crippen LogP contribution is -2.36. The third-order valence-electron chi connectivity index (χ3n) is 4.87. The Balaban J connectivity index is 1.77. The van der Waals surface area contributed by atoms with Crippen LogP contribution in [0.15, 0.2) is 30.3 Å². The zero-order valence-corrected chi connectivity index (χ0v) is 13.0. The van der Waals surface area contributed by atoms with Gasteiger partial charge >= 0.3 is 5.97 Å². The molecule has 2 aliphatic heterocycles. The molecule has 0 aromatic heterocycles. The number of carboxylic acid groups (broad SMARTS) is 1. The van der Waals surface area contributed by atoms with Crippen LogP contribution in [0.3, 0.4) is 0 Å². The molecule has 1 aromatic carbocycles. The van der Waals surface area contributed by atoms with E-state index in [-0.39, 0.29) is 36.6 Å². The fourth-order valence-electron chi connectivity index (χ4n) is 3.56. The number of likely N-dealkylation sites (tertiary alicyclic amines) is 2. The maximum Gasteiger partial charge on any atom is 0.308 e. The standard InChI is InChI=1S/C17H20N2O4/c1-18-8-12(7-15(18)20)16(21)19-9-13(14(10-19)17(22)23)11-5-3-2-4-6-11/h2-6,12-14H,7-10H2,1H3,(H,22,23)/t12?,13-,14-/m0/s1. The number of carbonyl (C=O) groups excluding carboxylic acids is 2. The van der Waals surface area contributed by atoms with Gasteiger partial charge < -0.3 is 14.9 Å². The average molecular weight is 316 g/mol. The summed E-state index contributed by atoms with van der Waals surface area (Å²) >= 11 is 0. The maximum atomic E-state index is 12.6. The van der Waals surface area contributed by atoms with Crippen molar-refractivity contribution in [2.75, 3.05) is 26.7 Å². The van der Waals surface area contributed by atoms with Crippen LogP contribution in [0.25, 0.3) is 0 Å². The molecule has 3 rings (SSSR count). The van der Waals surface area contributed by atoms with Crippen molar-refractivity contribution in [3.05, 3.63) is 35.9 Å². The van der Waals surface area contributed by atoms with E-state index in [1.54, 1.807) is 16.8 Å². The Bertz CT molecular complexity index is 631. The van der Waals surface area contributed by atoms with Crippen LogP contribution in [0.1, 0.15) is 17.9 Å². The molecule has 23 heavy (non-hydrogen) atoms. The first-order chi connectivity index (χ1) is 11.0. The predicted molar refractivity (Wildman–Crippen MR) is 82.6 cm³/mol. The summed E-state index contributed by atoms with van der Waals surface area (Å²) in [6, 6.07) is 9.45. The number of amides is 2. The lowest BCUT2D eigenvalue weighted by Gasteiger charge is -2.20. The zero-order chi connectivity index (χ0) is 16.6. The predicted octanol–water partition coefficient (Wildman–Crippen LogP) is 0.791. The highest BCUT2D eigenvalue weighted by Gasteiger charge is 2.43. The van der Waals surface area contributed by atoms with Crippen molar-refractivity contribution < 1.29 is 19.5 Å². The third-order valence-corrected chi connectivity index (χ3v) is 4.87. The van der Waals surface area contributed by atoms with Gasteiger partial charge in [-0.1, -0.05) is 30.3 Å². The molecule has 2 amide bonds. The van der Waals surface area contributed by atoms with E-state index in [2.05, 4.69) is 0 Å². The molecule has 1 N–H and O–H groups in total. The Labute approximate surface area is 134 Å². The van der Waals surface area contributed by atoms with Crippen molar-refractivity contribution in [1.29, 1.82) is 0 Å². The molecule has 2 saturated heterocycles. The van der Waals surface area contributed by atoms with Crippen LogP contribution in [0, 0.1) is 11.8 Å². The van der Waals surface area contributed by atoms with Gasteiger partial charge in [-0.2, -0.15) is 0 Å². The molecule has 1 unspecified atom stereocenters. The van der Waals surface area contributed by atoms with Crippen LogP contribution in [-0.4, -0.2) is 59.4 Å². The Morgan fingerprint density at radius 1 is 1.13 bits per heavy atom. The van der Waals surface area contributed by atoms with Crippen molar-refractivity contribution in [3.63, 3.8) is 0 Å². The van der Waals surface area contributed by atoms with Gasteiger partial charge in [-0.25, -0.2) is 0 Å². The molecule has 1 aromatic rings. The van der Waals surface area contributed by atoms with Gasteiger partial charge in [-0.3, -0.25) is 14.4 Å². The molecule has 6 nitrogen and oxygen atoms in total. The van der Waals surface area contributed by atoms with Crippen LogP contribution >= 0.6 is 0 Å². The number of carbonyl (C=O) groups is 3. The van der Waals surface area contributed by atoms with E-state index in [1.165, 1.54) is 0 Å². The SMILES string of the molecule is CN1CC(C(=O)N2C[C@H](C(=O)O)[C@H](c3ccccc3)C2)CC1=O. The summed E-state index contributed by atoms with van der Waals surface area (Å²) in [6.07, 6.45) is 0.222. The molecule has 122 valence electrons. The zero-order valence-electron chi connectivity index (χ0n) is 13.0. The number of nitrogens with zero attached hydrogens (tertiary/aromatic N) is 2. The molecule has 2 fully saturated rings. The minimum atomic E-state index is -0.881. The van der Waals surface area contributed by atoms with Gasteiger partial charge in [0.1, 0.15) is 0 Å². The van der Waals surface area contributed by atoms with Gasteiger partial charge in [0.25, 0.3) is 0 Å². The van der Waals surface area contributed by atoms with E-state index >= 15 is 0 Å². The summed E-state index contributed by atoms with van der Waals surface area (Å²) in [5.74, 6) is -2.17. The first-order valence-corrected chi connectivity index (χ1v) is 7.78. The molecule has 3 atom stereocenters. The van der Waals surface area contributed by atoms with E-state index in [0.29, 0.717) is 13.1 Å². The van der Waals surface area contributed by atoms with Crippen LogP contribution < -0.4 is 0 Å². The molecule has 2 heterocycles. The number of carboxylic acids is 1. The summed E-state index contributed by atoms with van der Waals surface area (Å²) in [5.41, 5.74) is 0.940. The van der Waals surface area contributed by atoms with Crippen molar-refractivity contribution in [2.24, 2.45) is 11.8 Å². The topological polar surface area (TPSA) is 77.9 Å². The van der Waals surface area contributed by atoms with Gasteiger partial charge in [0.2, 0.25) is 11.8 Å². The lowest BCUT2D eigenvalue weighted by atomic mass is 9.89. The van der Waals surface area contributed by atoms with E-state index in [9.17, 15) is 19.5 Å². The second-order valence-corrected chi connectivity index (χ2v) is 6.38. The highest BCUT2D eigenvalue weighted by molar-refractivity contribution is 5.89. The monoisotopic (exact) mass is 316 g/mol. The van der Waals surface area contributed by atoms with E-state index in [4.69, 9.17) is 0 Å². The largest absolute Gasteiger partial charge is 0.481 e. The van der Waals surface area contributed by atoms with Gasteiger partial charge in [0.15, 0.2) is 0 Å². The number of aliphatic carboxylic acids is 1. The first kappa shape index (κ1) is 15.5. The van der Waals surface area contributed by atoms with Crippen LogP contribution in [0.5, 0.6) is 0 Å². The minimum absolute atomic E-state index is 0.0306. The first-order valence-electron chi connectivity index (χ1n) is 7.78. The molecule has 0 saturated carbocycles. The highest BCUT2D eigenvalue weighted by atomic mass is 16.4. The molecular formula is C17H20N2O4. The lowest BCUT2D eigenvalue weighted by molar-refractivity contribution is -0.142. The van der Waals surface area contributed by atoms with Crippen LogP contribution in [0.4, 0.5) is 0 Å². The normalized spacial score (nSPS) is 27.5. The quantitative estimate of drug-likeness (QED) is 0.894. The fraction of sp³-hybridized carbons (Fsp3) is 0.471. The Hall–Kier alpha value is -2.37. The van der Waals surface area contributed by atoms with Gasteiger partial charge in [-0.05, 0) is 5.56 Å². The fourth-order valence-corrected chi connectivity index (χ4v) is 3.56. The summed E-state index contributed by atoms with van der Waals surface area (Å²) in [7, 11) is 1.69. The van der Waals surface area contributed by atoms with E-state index in [1.807, 2.05) is 30.3 Å². The van der Waals surface area contributed by atoms with Gasteiger partial charge in [0.05, 0.1) is 11.8 Å². The maximum absolute atomic E-state index is 12.6. The summed E-state index contributed by atoms with van der Waals surface area (Å²) in [4.78, 5) is 39.0. The van der Waals surface area contributed by atoms with E-state index in [0.717, 1.165) is 5.56 Å². The number of hydrogen-bond acceptors (Lipinski definition) is 3. The molecular weight excluding hydrogens is 296 g/mol. The Morgan fingerprint density at radius 3 is 2.39 bits per heavy atom. The second kappa shape index (κ2) is 6.02. The summed E-state index contributed by atoms with van der Waals surface area (Å²) in [5, 5.41) is 9.49. The van der Waals surface area contributed by atoms with Crippen LogP contribution in [-0.2, 0) is 14.4 Å². The number of benzene rings is 1. The van der Waals surface area contributed by atoms with Gasteiger partial charge in [0, 0.05) is 39.0 Å². The van der Waals surface area contributed by atoms with Crippen LogP contribution in [0.2, 0.25) is 0 Å². The minimum Gasteiger partial charge on any atom is -0.481 e. The molecule has 0 radical (unpaired) electrons. The Kier molecular flexibility index (Phi) is 4.07. The molecule has 0 bridgehead atoms.